The maximum atomic E-state index is 11.8. The van der Waals surface area contributed by atoms with Crippen molar-refractivity contribution in [2.24, 2.45) is 0 Å². The van der Waals surface area contributed by atoms with E-state index in [9.17, 15) is 4.79 Å². The van der Waals surface area contributed by atoms with E-state index in [2.05, 4.69) is 30.5 Å². The maximum Gasteiger partial charge on any atom is 0.319 e. The van der Waals surface area contributed by atoms with E-state index in [1.165, 1.54) is 5.56 Å². The number of hydrogen-bond donors (Lipinski definition) is 2. The van der Waals surface area contributed by atoms with E-state index in [0.717, 1.165) is 17.0 Å². The SMILES string of the molecule is Cc1cccc(NC(=O)NCCOc2ccccc2C(C)C)c1. The second-order valence-corrected chi connectivity index (χ2v) is 5.79. The molecule has 0 saturated heterocycles. The predicted molar refractivity (Wildman–Crippen MR) is 94.2 cm³/mol. The van der Waals surface area contributed by atoms with Crippen LogP contribution in [0.2, 0.25) is 0 Å². The predicted octanol–water partition coefficient (Wildman–Crippen LogP) is 4.32. The van der Waals surface area contributed by atoms with Crippen LogP contribution in [0.15, 0.2) is 48.5 Å². The molecule has 0 aromatic heterocycles. The number of hydrogen-bond acceptors (Lipinski definition) is 2. The summed E-state index contributed by atoms with van der Waals surface area (Å²) in [7, 11) is 0. The topological polar surface area (TPSA) is 50.4 Å². The van der Waals surface area contributed by atoms with Gasteiger partial charge in [-0.05, 0) is 42.2 Å². The second-order valence-electron chi connectivity index (χ2n) is 5.79. The minimum absolute atomic E-state index is 0.226. The van der Waals surface area contributed by atoms with Gasteiger partial charge in [-0.1, -0.05) is 44.2 Å². The minimum Gasteiger partial charge on any atom is -0.491 e. The number of para-hydroxylation sites is 1. The molecule has 2 rings (SSSR count). The van der Waals surface area contributed by atoms with Crippen LogP contribution in [-0.2, 0) is 0 Å². The molecular formula is C19H24N2O2. The van der Waals surface area contributed by atoms with Crippen LogP contribution in [-0.4, -0.2) is 19.2 Å². The number of carbonyl (C=O) groups excluding carboxylic acids is 1. The molecule has 0 radical (unpaired) electrons. The van der Waals surface area contributed by atoms with Crippen molar-refractivity contribution >= 4 is 11.7 Å². The van der Waals surface area contributed by atoms with Crippen molar-refractivity contribution < 1.29 is 9.53 Å². The fourth-order valence-electron chi connectivity index (χ4n) is 2.31. The average Bonchev–Trinajstić information content (AvgIpc) is 2.52. The number of rotatable bonds is 6. The molecule has 0 spiro atoms. The van der Waals surface area contributed by atoms with E-state index in [0.29, 0.717) is 19.1 Å². The standard InChI is InChI=1S/C19H24N2O2/c1-14(2)17-9-4-5-10-18(17)23-12-11-20-19(22)21-16-8-6-7-15(3)13-16/h4-10,13-14H,11-12H2,1-3H3,(H2,20,21,22). The third-order valence-electron chi connectivity index (χ3n) is 3.46. The highest BCUT2D eigenvalue weighted by Crippen LogP contribution is 2.25. The summed E-state index contributed by atoms with van der Waals surface area (Å²) in [6.07, 6.45) is 0. The van der Waals surface area contributed by atoms with E-state index in [1.54, 1.807) is 0 Å². The van der Waals surface area contributed by atoms with Gasteiger partial charge in [-0.2, -0.15) is 0 Å². The van der Waals surface area contributed by atoms with Crippen LogP contribution in [0.1, 0.15) is 30.9 Å². The maximum absolute atomic E-state index is 11.8. The van der Waals surface area contributed by atoms with E-state index in [4.69, 9.17) is 4.74 Å². The Labute approximate surface area is 137 Å². The Morgan fingerprint density at radius 2 is 1.91 bits per heavy atom. The Kier molecular flexibility index (Phi) is 6.03. The monoisotopic (exact) mass is 312 g/mol. The van der Waals surface area contributed by atoms with Gasteiger partial charge in [0.15, 0.2) is 0 Å². The molecule has 0 heterocycles. The van der Waals surface area contributed by atoms with Crippen molar-refractivity contribution in [1.82, 2.24) is 5.32 Å². The zero-order chi connectivity index (χ0) is 16.7. The number of ether oxygens (including phenoxy) is 1. The lowest BCUT2D eigenvalue weighted by molar-refractivity contribution is 0.247. The summed E-state index contributed by atoms with van der Waals surface area (Å²) in [5, 5.41) is 5.60. The van der Waals surface area contributed by atoms with E-state index in [1.807, 2.05) is 49.4 Å². The molecule has 2 N–H and O–H groups in total. The molecule has 0 atom stereocenters. The molecular weight excluding hydrogens is 288 g/mol. The average molecular weight is 312 g/mol. The lowest BCUT2D eigenvalue weighted by Crippen LogP contribution is -2.32. The number of nitrogens with one attached hydrogen (secondary N) is 2. The first-order valence-corrected chi connectivity index (χ1v) is 7.89. The van der Waals surface area contributed by atoms with Gasteiger partial charge in [-0.15, -0.1) is 0 Å². The summed E-state index contributed by atoms with van der Waals surface area (Å²) < 4.78 is 5.78. The number of benzene rings is 2. The van der Waals surface area contributed by atoms with Crippen LogP contribution in [0.4, 0.5) is 10.5 Å². The molecule has 0 aliphatic carbocycles. The number of anilines is 1. The highest BCUT2D eigenvalue weighted by atomic mass is 16.5. The Bertz CT molecular complexity index is 653. The van der Waals surface area contributed by atoms with Crippen molar-refractivity contribution in [3.05, 3.63) is 59.7 Å². The summed E-state index contributed by atoms with van der Waals surface area (Å²) in [6, 6.07) is 15.5. The molecule has 0 unspecified atom stereocenters. The van der Waals surface area contributed by atoms with Gasteiger partial charge in [0.1, 0.15) is 12.4 Å². The summed E-state index contributed by atoms with van der Waals surface area (Å²) in [4.78, 5) is 11.8. The van der Waals surface area contributed by atoms with Crippen molar-refractivity contribution in [3.8, 4) is 5.75 Å². The van der Waals surface area contributed by atoms with Crippen molar-refractivity contribution in [2.75, 3.05) is 18.5 Å². The van der Waals surface area contributed by atoms with Gasteiger partial charge in [0.05, 0.1) is 6.54 Å². The zero-order valence-corrected chi connectivity index (χ0v) is 13.9. The van der Waals surface area contributed by atoms with Crippen LogP contribution in [0.5, 0.6) is 5.75 Å². The Balaban J connectivity index is 1.76. The van der Waals surface area contributed by atoms with Gasteiger partial charge in [0.25, 0.3) is 0 Å². The number of carbonyl (C=O) groups is 1. The van der Waals surface area contributed by atoms with Crippen LogP contribution in [0.3, 0.4) is 0 Å². The summed E-state index contributed by atoms with van der Waals surface area (Å²) >= 11 is 0. The van der Waals surface area contributed by atoms with Gasteiger partial charge in [0, 0.05) is 5.69 Å². The van der Waals surface area contributed by atoms with Gasteiger partial charge >= 0.3 is 6.03 Å². The van der Waals surface area contributed by atoms with Crippen LogP contribution >= 0.6 is 0 Å². The Hall–Kier alpha value is -2.49. The largest absolute Gasteiger partial charge is 0.491 e. The summed E-state index contributed by atoms with van der Waals surface area (Å²) in [5.41, 5.74) is 3.07. The van der Waals surface area contributed by atoms with Gasteiger partial charge in [-0.3, -0.25) is 0 Å². The zero-order valence-electron chi connectivity index (χ0n) is 13.9. The molecule has 122 valence electrons. The van der Waals surface area contributed by atoms with Crippen LogP contribution in [0, 0.1) is 6.92 Å². The highest BCUT2D eigenvalue weighted by molar-refractivity contribution is 5.89. The normalized spacial score (nSPS) is 10.4. The fraction of sp³-hybridized carbons (Fsp3) is 0.316. The number of amides is 2. The third-order valence-corrected chi connectivity index (χ3v) is 3.46. The van der Waals surface area contributed by atoms with Crippen molar-refractivity contribution in [3.63, 3.8) is 0 Å². The first-order chi connectivity index (χ1) is 11.1. The fourth-order valence-corrected chi connectivity index (χ4v) is 2.31. The minimum atomic E-state index is -0.226. The van der Waals surface area contributed by atoms with Crippen LogP contribution in [0.25, 0.3) is 0 Å². The third kappa shape index (κ3) is 5.33. The number of urea groups is 1. The first kappa shape index (κ1) is 16.9. The molecule has 4 nitrogen and oxygen atoms in total. The van der Waals surface area contributed by atoms with E-state index in [-0.39, 0.29) is 6.03 Å². The molecule has 2 aromatic carbocycles. The molecule has 0 aliphatic rings. The van der Waals surface area contributed by atoms with E-state index < -0.39 is 0 Å². The van der Waals surface area contributed by atoms with Gasteiger partial charge in [-0.25, -0.2) is 4.79 Å². The molecule has 23 heavy (non-hydrogen) atoms. The first-order valence-electron chi connectivity index (χ1n) is 7.89. The van der Waals surface area contributed by atoms with Gasteiger partial charge in [0.2, 0.25) is 0 Å². The highest BCUT2D eigenvalue weighted by Gasteiger charge is 2.07. The molecule has 0 fully saturated rings. The lowest BCUT2D eigenvalue weighted by Gasteiger charge is -2.14. The summed E-state index contributed by atoms with van der Waals surface area (Å²) in [5.74, 6) is 1.28. The Morgan fingerprint density at radius 3 is 2.65 bits per heavy atom. The molecule has 0 bridgehead atoms. The molecule has 0 aliphatic heterocycles. The number of aryl methyl sites for hydroxylation is 1. The smallest absolute Gasteiger partial charge is 0.319 e. The van der Waals surface area contributed by atoms with Crippen molar-refractivity contribution in [2.45, 2.75) is 26.7 Å². The second kappa shape index (κ2) is 8.22. The van der Waals surface area contributed by atoms with Crippen LogP contribution < -0.4 is 15.4 Å². The molecule has 2 amide bonds. The molecule has 2 aromatic rings. The Morgan fingerprint density at radius 1 is 1.13 bits per heavy atom. The quantitative estimate of drug-likeness (QED) is 0.781. The lowest BCUT2D eigenvalue weighted by atomic mass is 10.0. The molecule has 4 heteroatoms. The van der Waals surface area contributed by atoms with E-state index >= 15 is 0 Å². The van der Waals surface area contributed by atoms with Gasteiger partial charge < -0.3 is 15.4 Å². The van der Waals surface area contributed by atoms with Crippen molar-refractivity contribution in [1.29, 1.82) is 0 Å². The molecule has 0 saturated carbocycles. The summed E-state index contributed by atoms with van der Waals surface area (Å²) in [6.45, 7) is 7.14.